The molecule has 44 heteroatoms. The first-order chi connectivity index (χ1) is 30.3. The van der Waals surface area contributed by atoms with Gasteiger partial charge in [0, 0.05) is 5.57 Å². The van der Waals surface area contributed by atoms with Crippen molar-refractivity contribution in [1.29, 1.82) is 0 Å². The minimum Gasteiger partial charge on any atom is -0.459 e. The van der Waals surface area contributed by atoms with Gasteiger partial charge in [-0.3, -0.25) is 4.79 Å². The molecule has 0 aliphatic rings. The van der Waals surface area contributed by atoms with Gasteiger partial charge in [-0.05, 0) is 0 Å². The number of carbonyl (C=O) groups excluding carboxylic acids is 2. The Morgan fingerprint density at radius 1 is 0.310 bits per heavy atom. The van der Waals surface area contributed by atoms with Crippen LogP contribution in [0.15, 0.2) is 12.2 Å². The van der Waals surface area contributed by atoms with Crippen LogP contribution in [0.4, 0.5) is 176 Å². The van der Waals surface area contributed by atoms with Gasteiger partial charge in [0.1, 0.15) is 0 Å². The van der Waals surface area contributed by atoms with Crippen molar-refractivity contribution < 1.29 is 195 Å². The van der Waals surface area contributed by atoms with Crippen LogP contribution in [0, 0.1) is 0 Å². The maximum absolute atomic E-state index is 14.0. The van der Waals surface area contributed by atoms with E-state index < -0.39 is 157 Å². The van der Waals surface area contributed by atoms with Crippen molar-refractivity contribution in [2.45, 2.75) is 126 Å². The number of hydrogen-bond donors (Lipinski definition) is 0. The molecule has 0 saturated carbocycles. The molecule has 0 N–H and O–H groups in total. The minimum atomic E-state index is -9.52. The topological polar surface area (TPSA) is 52.6 Å². The van der Waals surface area contributed by atoms with E-state index in [1.54, 1.807) is 0 Å². The molecule has 0 spiro atoms. The number of halogens is 40. The Hall–Kier alpha value is -4.12. The van der Waals surface area contributed by atoms with E-state index in [2.05, 4.69) is 9.47 Å². The van der Waals surface area contributed by atoms with Gasteiger partial charge in [-0.15, -0.1) is 0 Å². The zero-order valence-electron chi connectivity index (χ0n) is 31.2. The second kappa shape index (κ2) is 18.1. The van der Waals surface area contributed by atoms with Gasteiger partial charge >= 0.3 is 131 Å². The lowest BCUT2D eigenvalue weighted by molar-refractivity contribution is -0.465. The number of ether oxygens (including phenoxy) is 2. The van der Waals surface area contributed by atoms with Crippen molar-refractivity contribution in [2.24, 2.45) is 0 Å². The predicted octanol–water partition coefficient (Wildman–Crippen LogP) is 13.0. The van der Waals surface area contributed by atoms with Crippen molar-refractivity contribution >= 4 is 11.9 Å². The molecule has 0 radical (unpaired) electrons. The lowest BCUT2D eigenvalue weighted by Gasteiger charge is -2.44. The second-order valence-electron chi connectivity index (χ2n) is 13.3. The molecule has 71 heavy (non-hydrogen) atoms. The number of alkyl halides is 40. The largest absolute Gasteiger partial charge is 0.459 e. The highest BCUT2D eigenvalue weighted by molar-refractivity contribution is 5.93. The van der Waals surface area contributed by atoms with Crippen molar-refractivity contribution in [3.63, 3.8) is 0 Å². The summed E-state index contributed by atoms with van der Waals surface area (Å²) in [6.07, 6.45) is -15.5. The maximum Gasteiger partial charge on any atom is 0.385 e. The SMILES string of the molecule is C=C(CC(=O)OCC(F)(F)C(F)(F)C(F)(F)C(F)(F)C(F)(F)C(F)(F)C(F)(F)C(F)(F)C(F)(F)C(F)F)C(=O)OCC(F)(F)C(F)(F)C(F)(F)C(F)(F)C(F)(F)C(F)(F)C(F)(F)C(F)(F)C(F)(F)C(F)F. The molecule has 0 fully saturated rings. The Kier molecular flexibility index (Phi) is 17.0. The van der Waals surface area contributed by atoms with Gasteiger partial charge in [0.05, 0.1) is 6.42 Å². The molecular weight excluding hydrogens is 1150 g/mol. The highest BCUT2D eigenvalue weighted by atomic mass is 19.4. The van der Waals surface area contributed by atoms with Gasteiger partial charge in [0.15, 0.2) is 13.2 Å². The lowest BCUT2D eigenvalue weighted by atomic mass is 9.86. The third kappa shape index (κ3) is 9.10. The molecule has 4 nitrogen and oxygen atoms in total. The summed E-state index contributed by atoms with van der Waals surface area (Å²) in [5.74, 6) is -167. The van der Waals surface area contributed by atoms with E-state index in [1.165, 1.54) is 0 Å². The Morgan fingerprint density at radius 2 is 0.493 bits per heavy atom. The molecule has 0 unspecified atom stereocenters. The van der Waals surface area contributed by atoms with Crippen LogP contribution in [-0.2, 0) is 19.1 Å². The van der Waals surface area contributed by atoms with Crippen LogP contribution in [0.1, 0.15) is 6.42 Å². The summed E-state index contributed by atoms with van der Waals surface area (Å²) < 4.78 is 546. The third-order valence-electron chi connectivity index (χ3n) is 8.48. The molecule has 0 aliphatic heterocycles. The zero-order valence-corrected chi connectivity index (χ0v) is 31.2. The van der Waals surface area contributed by atoms with Gasteiger partial charge < -0.3 is 9.47 Å². The maximum atomic E-state index is 14.0. The van der Waals surface area contributed by atoms with Gasteiger partial charge in [0.25, 0.3) is 0 Å². The van der Waals surface area contributed by atoms with Crippen LogP contribution < -0.4 is 0 Å². The average Bonchev–Trinajstić information content (AvgIpc) is 3.17. The van der Waals surface area contributed by atoms with Crippen LogP contribution >= 0.6 is 0 Å². The Labute approximate surface area is 359 Å². The van der Waals surface area contributed by atoms with E-state index in [1.807, 2.05) is 6.58 Å². The summed E-state index contributed by atoms with van der Waals surface area (Å²) in [4.78, 5) is 23.2. The summed E-state index contributed by atoms with van der Waals surface area (Å²) in [6.45, 7) is -6.39. The Balaban J connectivity index is 6.54. The van der Waals surface area contributed by atoms with Gasteiger partial charge in [-0.1, -0.05) is 6.58 Å². The summed E-state index contributed by atoms with van der Waals surface area (Å²) >= 11 is 0. The number of rotatable bonds is 25. The van der Waals surface area contributed by atoms with Gasteiger partial charge in [0.2, 0.25) is 0 Å². The first-order valence-corrected chi connectivity index (χ1v) is 15.7. The molecular formula is C27H10F40O4. The Bertz CT molecular complexity index is 1940. The molecule has 0 rings (SSSR count). The van der Waals surface area contributed by atoms with E-state index in [0.29, 0.717) is 0 Å². The second-order valence-corrected chi connectivity index (χ2v) is 13.3. The fourth-order valence-electron chi connectivity index (χ4n) is 4.03. The average molecular weight is 1160 g/mol. The fraction of sp³-hybridized carbons (Fsp3) is 0.852. The summed E-state index contributed by atoms with van der Waals surface area (Å²) in [6, 6.07) is 0. The van der Waals surface area contributed by atoms with Gasteiger partial charge in [-0.25, -0.2) is 22.4 Å². The molecule has 0 saturated heterocycles. The van der Waals surface area contributed by atoms with Crippen LogP contribution in [0.25, 0.3) is 0 Å². The van der Waals surface area contributed by atoms with E-state index in [0.717, 1.165) is 0 Å². The van der Waals surface area contributed by atoms with E-state index in [9.17, 15) is 185 Å². The van der Waals surface area contributed by atoms with Crippen molar-refractivity contribution in [2.75, 3.05) is 13.2 Å². The van der Waals surface area contributed by atoms with Crippen molar-refractivity contribution in [3.05, 3.63) is 12.2 Å². The van der Waals surface area contributed by atoms with E-state index >= 15 is 0 Å². The highest BCUT2D eigenvalue weighted by Gasteiger charge is 2.99. The molecule has 0 amide bonds. The lowest BCUT2D eigenvalue weighted by Crippen LogP contribution is -2.76. The third-order valence-corrected chi connectivity index (χ3v) is 8.48. The summed E-state index contributed by atoms with van der Waals surface area (Å²) in [7, 11) is 0. The summed E-state index contributed by atoms with van der Waals surface area (Å²) in [5, 5.41) is 0. The van der Waals surface area contributed by atoms with Gasteiger partial charge in [-0.2, -0.15) is 158 Å². The first-order valence-electron chi connectivity index (χ1n) is 15.7. The number of esters is 2. The molecule has 0 atom stereocenters. The van der Waals surface area contributed by atoms with Crippen LogP contribution in [0.5, 0.6) is 0 Å². The van der Waals surface area contributed by atoms with Crippen LogP contribution in [-0.4, -0.2) is 145 Å². The molecule has 422 valence electrons. The molecule has 0 aromatic heterocycles. The molecule has 0 aromatic rings. The molecule has 0 aliphatic carbocycles. The Morgan fingerprint density at radius 3 is 0.704 bits per heavy atom. The van der Waals surface area contributed by atoms with Crippen LogP contribution in [0.2, 0.25) is 0 Å². The molecule has 0 bridgehead atoms. The highest BCUT2D eigenvalue weighted by Crippen LogP contribution is 2.68. The smallest absolute Gasteiger partial charge is 0.385 e. The molecule has 0 aromatic carbocycles. The fourth-order valence-corrected chi connectivity index (χ4v) is 4.03. The van der Waals surface area contributed by atoms with Crippen molar-refractivity contribution in [3.8, 4) is 0 Å². The standard InChI is InChI=1S/C27H10F40O4/c1-5(7(69)71-4-11(34,35)15(42,43)19(50,51)23(58,59)27(66,67)25(62,63)21(54,55)17(46,47)13(38,39)9(30)31)2-6(68)70-3-10(32,33)14(40,41)18(48,49)22(56,57)26(64,65)24(60,61)20(52,53)16(44,45)12(36,37)8(28)29/h8-9H,1-4H2. The quantitative estimate of drug-likeness (QED) is 0.0519. The number of carbonyl (C=O) groups is 2. The van der Waals surface area contributed by atoms with E-state index in [-0.39, 0.29) is 0 Å². The predicted molar refractivity (Wildman–Crippen MR) is 137 cm³/mol. The van der Waals surface area contributed by atoms with Crippen LogP contribution in [0.3, 0.4) is 0 Å². The minimum absolute atomic E-state index is 2.05. The zero-order chi connectivity index (χ0) is 58.4. The summed E-state index contributed by atoms with van der Waals surface area (Å²) in [5.41, 5.74) is -2.40. The first kappa shape index (κ1) is 66.9. The normalized spacial score (nSPS) is 16.2. The van der Waals surface area contributed by atoms with Crippen molar-refractivity contribution in [1.82, 2.24) is 0 Å². The van der Waals surface area contributed by atoms with E-state index in [4.69, 9.17) is 0 Å². The monoisotopic (exact) mass is 1160 g/mol. The molecule has 0 heterocycles. The number of hydrogen-bond acceptors (Lipinski definition) is 4.